The van der Waals surface area contributed by atoms with Crippen LogP contribution in [0.15, 0.2) is 36.9 Å². The summed E-state index contributed by atoms with van der Waals surface area (Å²) in [5.74, 6) is 0. The largest absolute Gasteiger partial charge is 0.103 e. The van der Waals surface area contributed by atoms with Crippen LogP contribution in [0.1, 0.15) is 30.9 Å². The fourth-order valence-corrected chi connectivity index (χ4v) is 1.46. The molecule has 13 heavy (non-hydrogen) atoms. The lowest BCUT2D eigenvalue weighted by Crippen LogP contribution is -1.87. The van der Waals surface area contributed by atoms with Crippen LogP contribution in [0.5, 0.6) is 0 Å². The van der Waals surface area contributed by atoms with Gasteiger partial charge in [-0.3, -0.25) is 0 Å². The molecule has 0 aliphatic carbocycles. The van der Waals surface area contributed by atoms with Gasteiger partial charge in [0.15, 0.2) is 0 Å². The van der Waals surface area contributed by atoms with E-state index in [0.29, 0.717) is 0 Å². The minimum absolute atomic E-state index is 0.986. The van der Waals surface area contributed by atoms with Gasteiger partial charge in [0.25, 0.3) is 0 Å². The van der Waals surface area contributed by atoms with E-state index in [1.165, 1.54) is 30.4 Å². The van der Waals surface area contributed by atoms with E-state index in [0.717, 1.165) is 6.42 Å². The van der Waals surface area contributed by atoms with Crippen LogP contribution in [0.2, 0.25) is 0 Å². The first-order valence-corrected chi connectivity index (χ1v) is 5.05. The molecule has 0 aliphatic rings. The Kier molecular flexibility index (Phi) is 4.31. The Morgan fingerprint density at radius 1 is 1.31 bits per heavy atom. The Hall–Kier alpha value is -1.04. The van der Waals surface area contributed by atoms with Crippen LogP contribution in [-0.2, 0) is 12.8 Å². The molecule has 0 aliphatic heterocycles. The third-order valence-corrected chi connectivity index (χ3v) is 2.19. The second-order valence-electron chi connectivity index (χ2n) is 3.42. The highest BCUT2D eigenvalue weighted by molar-refractivity contribution is 5.24. The van der Waals surface area contributed by atoms with Crippen molar-refractivity contribution in [3.8, 4) is 0 Å². The highest BCUT2D eigenvalue weighted by Gasteiger charge is 1.93. The zero-order valence-electron chi connectivity index (χ0n) is 8.42. The maximum absolute atomic E-state index is 3.75. The summed E-state index contributed by atoms with van der Waals surface area (Å²) in [6.45, 7) is 5.98. The van der Waals surface area contributed by atoms with Gasteiger partial charge in [-0.15, -0.1) is 6.58 Å². The van der Waals surface area contributed by atoms with Crippen molar-refractivity contribution in [2.24, 2.45) is 0 Å². The molecule has 0 heteroatoms. The van der Waals surface area contributed by atoms with Gasteiger partial charge in [0.1, 0.15) is 0 Å². The molecule has 1 rings (SSSR count). The van der Waals surface area contributed by atoms with E-state index in [1.807, 2.05) is 6.08 Å². The van der Waals surface area contributed by atoms with Crippen LogP contribution in [0.3, 0.4) is 0 Å². The van der Waals surface area contributed by atoms with Gasteiger partial charge >= 0.3 is 0 Å². The van der Waals surface area contributed by atoms with E-state index in [2.05, 4.69) is 37.8 Å². The number of aryl methyl sites for hydroxylation is 1. The topological polar surface area (TPSA) is 0 Å². The maximum atomic E-state index is 3.75. The fraction of sp³-hybridized carbons (Fsp3) is 0.385. The van der Waals surface area contributed by atoms with Crippen LogP contribution in [0, 0.1) is 0 Å². The Labute approximate surface area is 81.3 Å². The molecule has 1 aromatic rings. The second-order valence-corrected chi connectivity index (χ2v) is 3.42. The summed E-state index contributed by atoms with van der Waals surface area (Å²) in [7, 11) is 0. The van der Waals surface area contributed by atoms with Gasteiger partial charge in [-0.25, -0.2) is 0 Å². The molecular weight excluding hydrogens is 156 g/mol. The number of unbranched alkanes of at least 4 members (excludes halogenated alkanes) is 1. The molecule has 0 heterocycles. The van der Waals surface area contributed by atoms with E-state index >= 15 is 0 Å². The monoisotopic (exact) mass is 174 g/mol. The van der Waals surface area contributed by atoms with Gasteiger partial charge in [0.2, 0.25) is 0 Å². The van der Waals surface area contributed by atoms with Crippen molar-refractivity contribution in [2.75, 3.05) is 0 Å². The van der Waals surface area contributed by atoms with E-state index in [9.17, 15) is 0 Å². The van der Waals surface area contributed by atoms with Gasteiger partial charge < -0.3 is 0 Å². The first-order chi connectivity index (χ1) is 6.36. The summed E-state index contributed by atoms with van der Waals surface area (Å²) >= 11 is 0. The van der Waals surface area contributed by atoms with Gasteiger partial charge in [-0.1, -0.05) is 43.7 Å². The van der Waals surface area contributed by atoms with Crippen molar-refractivity contribution in [1.82, 2.24) is 0 Å². The maximum Gasteiger partial charge on any atom is -0.0100 e. The van der Waals surface area contributed by atoms with Crippen LogP contribution < -0.4 is 0 Å². The molecule has 0 spiro atoms. The summed E-state index contributed by atoms with van der Waals surface area (Å²) in [5.41, 5.74) is 2.84. The Morgan fingerprint density at radius 2 is 2.08 bits per heavy atom. The molecule has 0 aromatic heterocycles. The summed E-state index contributed by atoms with van der Waals surface area (Å²) in [6, 6.07) is 8.81. The number of hydrogen-bond donors (Lipinski definition) is 0. The average molecular weight is 174 g/mol. The highest BCUT2D eigenvalue weighted by Crippen LogP contribution is 2.09. The Balaban J connectivity index is 2.61. The molecule has 0 radical (unpaired) electrons. The number of benzene rings is 1. The molecule has 0 saturated heterocycles. The Bertz CT molecular complexity index is 260. The summed E-state index contributed by atoms with van der Waals surface area (Å²) in [4.78, 5) is 0. The molecule has 1 aromatic carbocycles. The molecule has 0 nitrogen and oxygen atoms in total. The third-order valence-electron chi connectivity index (χ3n) is 2.19. The lowest BCUT2D eigenvalue weighted by Gasteiger charge is -2.02. The van der Waals surface area contributed by atoms with Crippen molar-refractivity contribution < 1.29 is 0 Å². The van der Waals surface area contributed by atoms with Crippen molar-refractivity contribution in [2.45, 2.75) is 32.6 Å². The minimum atomic E-state index is 0.986. The molecule has 0 atom stereocenters. The minimum Gasteiger partial charge on any atom is -0.103 e. The van der Waals surface area contributed by atoms with E-state index in [1.54, 1.807) is 0 Å². The predicted octanol–water partition coefficient (Wildman–Crippen LogP) is 3.76. The summed E-state index contributed by atoms with van der Waals surface area (Å²) in [5, 5.41) is 0. The lowest BCUT2D eigenvalue weighted by atomic mass is 10.0. The second kappa shape index (κ2) is 5.58. The normalized spacial score (nSPS) is 9.92. The molecule has 0 amide bonds. The zero-order chi connectivity index (χ0) is 9.52. The van der Waals surface area contributed by atoms with Crippen LogP contribution in [0.4, 0.5) is 0 Å². The van der Waals surface area contributed by atoms with Crippen LogP contribution in [-0.4, -0.2) is 0 Å². The average Bonchev–Trinajstić information content (AvgIpc) is 2.16. The van der Waals surface area contributed by atoms with Crippen LogP contribution >= 0.6 is 0 Å². The van der Waals surface area contributed by atoms with E-state index in [4.69, 9.17) is 0 Å². The highest BCUT2D eigenvalue weighted by atomic mass is 14.0. The quantitative estimate of drug-likeness (QED) is 0.596. The van der Waals surface area contributed by atoms with Crippen molar-refractivity contribution in [3.63, 3.8) is 0 Å². The zero-order valence-corrected chi connectivity index (χ0v) is 8.42. The van der Waals surface area contributed by atoms with Gasteiger partial charge in [-0.2, -0.15) is 0 Å². The Morgan fingerprint density at radius 3 is 2.77 bits per heavy atom. The number of allylic oxidation sites excluding steroid dienone is 1. The molecule has 70 valence electrons. The molecule has 0 saturated carbocycles. The van der Waals surface area contributed by atoms with Gasteiger partial charge in [-0.05, 0) is 30.4 Å². The molecular formula is C13H18. The standard InChI is InChI=1S/C13H18/c1-3-5-8-13-10-6-9-12(11-13)7-4-2/h4,6,9-11H,2-3,5,7-8H2,1H3. The molecule has 0 fully saturated rings. The first-order valence-electron chi connectivity index (χ1n) is 5.05. The van der Waals surface area contributed by atoms with Crippen molar-refractivity contribution in [1.29, 1.82) is 0 Å². The van der Waals surface area contributed by atoms with Gasteiger partial charge in [0, 0.05) is 0 Å². The van der Waals surface area contributed by atoms with E-state index in [-0.39, 0.29) is 0 Å². The fourth-order valence-electron chi connectivity index (χ4n) is 1.46. The summed E-state index contributed by atoms with van der Waals surface area (Å²) < 4.78 is 0. The van der Waals surface area contributed by atoms with Gasteiger partial charge in [0.05, 0.1) is 0 Å². The van der Waals surface area contributed by atoms with E-state index < -0.39 is 0 Å². The third kappa shape index (κ3) is 3.45. The summed E-state index contributed by atoms with van der Waals surface area (Å²) in [6.07, 6.45) is 6.71. The molecule has 0 unspecified atom stereocenters. The van der Waals surface area contributed by atoms with Crippen molar-refractivity contribution in [3.05, 3.63) is 48.0 Å². The van der Waals surface area contributed by atoms with Crippen molar-refractivity contribution >= 4 is 0 Å². The number of hydrogen-bond acceptors (Lipinski definition) is 0. The lowest BCUT2D eigenvalue weighted by molar-refractivity contribution is 0.794. The molecule has 0 N–H and O–H groups in total. The first kappa shape index (κ1) is 10.0. The smallest absolute Gasteiger partial charge is 0.0100 e. The van der Waals surface area contributed by atoms with Crippen LogP contribution in [0.25, 0.3) is 0 Å². The SMILES string of the molecule is C=CCc1cccc(CCCC)c1. The molecule has 0 bridgehead atoms. The predicted molar refractivity (Wildman–Crippen MR) is 59.0 cm³/mol. The number of rotatable bonds is 5.